The Morgan fingerprint density at radius 2 is 2.03 bits per heavy atom. The first-order chi connectivity index (χ1) is 15.1. The van der Waals surface area contributed by atoms with Crippen LogP contribution in [0.1, 0.15) is 69.7 Å². The average molecular weight is 557 g/mol. The van der Waals surface area contributed by atoms with Crippen LogP contribution in [0, 0.1) is 0 Å². The lowest BCUT2D eigenvalue weighted by molar-refractivity contribution is 0.198. The summed E-state index contributed by atoms with van der Waals surface area (Å²) in [5, 5.41) is 10.6. The number of hydrogen-bond donors (Lipinski definition) is 2. The Hall–Kier alpha value is -2.04. The Morgan fingerprint density at radius 1 is 1.25 bits per heavy atom. The first kappa shape index (κ1) is 26.2. The van der Waals surface area contributed by atoms with E-state index in [-0.39, 0.29) is 36.0 Å². The number of benzene rings is 1. The topological polar surface area (TPSA) is 93.8 Å². The molecule has 1 aliphatic rings. The van der Waals surface area contributed by atoms with E-state index in [4.69, 9.17) is 19.0 Å². The molecule has 0 atom stereocenters. The summed E-state index contributed by atoms with van der Waals surface area (Å²) < 4.78 is 17.2. The normalized spacial score (nSPS) is 14.3. The predicted octanol–water partition coefficient (Wildman–Crippen LogP) is 4.44. The monoisotopic (exact) mass is 557 g/mol. The fraction of sp³-hybridized carbons (Fsp3) is 0.609. The lowest BCUT2D eigenvalue weighted by Gasteiger charge is -2.19. The summed E-state index contributed by atoms with van der Waals surface area (Å²) in [4.78, 5) is 9.17. The van der Waals surface area contributed by atoms with E-state index in [0.29, 0.717) is 25.4 Å². The third-order valence-corrected chi connectivity index (χ3v) is 5.25. The average Bonchev–Trinajstić information content (AvgIpc) is 3.45. The minimum Gasteiger partial charge on any atom is -0.493 e. The van der Waals surface area contributed by atoms with Crippen LogP contribution < -0.4 is 20.1 Å². The van der Waals surface area contributed by atoms with Crippen LogP contribution in [0.5, 0.6) is 11.5 Å². The highest BCUT2D eigenvalue weighted by Gasteiger charge is 2.20. The van der Waals surface area contributed by atoms with Crippen molar-refractivity contribution in [1.29, 1.82) is 0 Å². The van der Waals surface area contributed by atoms with Crippen molar-refractivity contribution >= 4 is 29.9 Å². The van der Waals surface area contributed by atoms with Crippen molar-refractivity contribution in [2.45, 2.75) is 71.4 Å². The highest BCUT2D eigenvalue weighted by molar-refractivity contribution is 14.0. The van der Waals surface area contributed by atoms with Gasteiger partial charge in [-0.1, -0.05) is 31.1 Å². The number of aliphatic imine (C=N–C) groups is 1. The molecule has 1 saturated carbocycles. The summed E-state index contributed by atoms with van der Waals surface area (Å²) in [5.41, 5.74) is 1.02. The largest absolute Gasteiger partial charge is 0.493 e. The quantitative estimate of drug-likeness (QED) is 0.254. The van der Waals surface area contributed by atoms with Gasteiger partial charge in [-0.15, -0.1) is 24.0 Å². The van der Waals surface area contributed by atoms with Gasteiger partial charge in [-0.3, -0.25) is 0 Å². The van der Waals surface area contributed by atoms with E-state index in [2.05, 4.69) is 20.8 Å². The maximum absolute atomic E-state index is 6.32. The molecule has 1 aromatic carbocycles. The number of guanidine groups is 1. The molecule has 2 N–H and O–H groups in total. The molecular formula is C23H36IN5O3. The van der Waals surface area contributed by atoms with Crippen molar-refractivity contribution in [3.63, 3.8) is 0 Å². The van der Waals surface area contributed by atoms with Crippen molar-refractivity contribution < 1.29 is 14.0 Å². The zero-order valence-corrected chi connectivity index (χ0v) is 21.8. The second-order valence-electron chi connectivity index (χ2n) is 8.05. The van der Waals surface area contributed by atoms with Gasteiger partial charge >= 0.3 is 0 Å². The minimum absolute atomic E-state index is 0. The van der Waals surface area contributed by atoms with E-state index in [1.807, 2.05) is 39.0 Å². The molecule has 3 rings (SSSR count). The zero-order chi connectivity index (χ0) is 22.1. The third kappa shape index (κ3) is 7.53. The van der Waals surface area contributed by atoms with Gasteiger partial charge in [0.25, 0.3) is 0 Å². The summed E-state index contributed by atoms with van der Waals surface area (Å²) in [5.74, 6) is 3.93. The lowest BCUT2D eigenvalue weighted by atomic mass is 10.1. The molecule has 2 aromatic rings. The zero-order valence-electron chi connectivity index (χ0n) is 19.5. The molecule has 0 amide bonds. The Morgan fingerprint density at radius 3 is 2.69 bits per heavy atom. The van der Waals surface area contributed by atoms with Crippen molar-refractivity contribution in [3.05, 3.63) is 35.5 Å². The number of rotatable bonds is 10. The summed E-state index contributed by atoms with van der Waals surface area (Å²) >= 11 is 0. The molecule has 1 aromatic heterocycles. The van der Waals surface area contributed by atoms with Crippen molar-refractivity contribution in [3.8, 4) is 11.5 Å². The van der Waals surface area contributed by atoms with Gasteiger partial charge in [0.2, 0.25) is 5.89 Å². The van der Waals surface area contributed by atoms with E-state index in [1.165, 1.54) is 12.8 Å². The van der Waals surface area contributed by atoms with Gasteiger partial charge in [0, 0.05) is 31.0 Å². The number of hydrogen-bond acceptors (Lipinski definition) is 6. The van der Waals surface area contributed by atoms with E-state index >= 15 is 0 Å². The van der Waals surface area contributed by atoms with Crippen LogP contribution in [-0.4, -0.2) is 42.4 Å². The number of nitrogens with zero attached hydrogens (tertiary/aromatic N) is 3. The molecule has 0 spiro atoms. The van der Waals surface area contributed by atoms with Gasteiger partial charge in [0.1, 0.15) is 0 Å². The maximum atomic E-state index is 6.32. The molecule has 178 valence electrons. The van der Waals surface area contributed by atoms with Crippen LogP contribution >= 0.6 is 24.0 Å². The van der Waals surface area contributed by atoms with Crippen LogP contribution in [0.25, 0.3) is 0 Å². The second-order valence-corrected chi connectivity index (χ2v) is 8.05. The fourth-order valence-corrected chi connectivity index (χ4v) is 3.55. The minimum atomic E-state index is 0. The maximum Gasteiger partial charge on any atom is 0.228 e. The molecule has 32 heavy (non-hydrogen) atoms. The van der Waals surface area contributed by atoms with Gasteiger partial charge in [-0.05, 0) is 38.7 Å². The van der Waals surface area contributed by atoms with Gasteiger partial charge in [-0.2, -0.15) is 4.98 Å². The molecular weight excluding hydrogens is 521 g/mol. The van der Waals surface area contributed by atoms with E-state index in [9.17, 15) is 0 Å². The van der Waals surface area contributed by atoms with Crippen molar-refractivity contribution in [2.24, 2.45) is 4.99 Å². The fourth-order valence-electron chi connectivity index (χ4n) is 3.55. The van der Waals surface area contributed by atoms with Gasteiger partial charge in [0.15, 0.2) is 23.3 Å². The number of para-hydroxylation sites is 1. The molecule has 0 unspecified atom stereocenters. The Balaban J connectivity index is 0.00000363. The molecule has 0 saturated heterocycles. The highest BCUT2D eigenvalue weighted by Crippen LogP contribution is 2.35. The Bertz CT molecular complexity index is 850. The van der Waals surface area contributed by atoms with Crippen LogP contribution in [-0.2, 0) is 13.0 Å². The SMILES string of the molecule is CCNC(=NCc1cccc(OC)c1OC1CCCC1)NCCc1nc(C(C)C)no1.I. The smallest absolute Gasteiger partial charge is 0.228 e. The predicted molar refractivity (Wildman–Crippen MR) is 136 cm³/mol. The number of halogens is 1. The van der Waals surface area contributed by atoms with Gasteiger partial charge < -0.3 is 24.6 Å². The summed E-state index contributed by atoms with van der Waals surface area (Å²) in [6.07, 6.45) is 5.54. The van der Waals surface area contributed by atoms with Crippen molar-refractivity contribution in [2.75, 3.05) is 20.2 Å². The van der Waals surface area contributed by atoms with Gasteiger partial charge in [0.05, 0.1) is 19.8 Å². The summed E-state index contributed by atoms with van der Waals surface area (Å²) in [7, 11) is 1.68. The van der Waals surface area contributed by atoms with Crippen LogP contribution in [0.15, 0.2) is 27.7 Å². The molecule has 0 bridgehead atoms. The van der Waals surface area contributed by atoms with Gasteiger partial charge in [-0.25, -0.2) is 4.99 Å². The van der Waals surface area contributed by atoms with Crippen LogP contribution in [0.4, 0.5) is 0 Å². The molecule has 1 aliphatic carbocycles. The Labute approximate surface area is 208 Å². The van der Waals surface area contributed by atoms with Crippen LogP contribution in [0.2, 0.25) is 0 Å². The first-order valence-electron chi connectivity index (χ1n) is 11.3. The first-order valence-corrected chi connectivity index (χ1v) is 11.3. The number of ether oxygens (including phenoxy) is 2. The molecule has 8 nitrogen and oxygen atoms in total. The molecule has 1 heterocycles. The molecule has 0 aliphatic heterocycles. The molecule has 1 fully saturated rings. The highest BCUT2D eigenvalue weighted by atomic mass is 127. The summed E-state index contributed by atoms with van der Waals surface area (Å²) in [6.45, 7) is 8.05. The van der Waals surface area contributed by atoms with Crippen LogP contribution in [0.3, 0.4) is 0 Å². The van der Waals surface area contributed by atoms with Crippen molar-refractivity contribution in [1.82, 2.24) is 20.8 Å². The summed E-state index contributed by atoms with van der Waals surface area (Å²) in [6, 6.07) is 5.97. The second kappa shape index (κ2) is 13.5. The van der Waals surface area contributed by atoms with E-state index in [1.54, 1.807) is 7.11 Å². The Kier molecular flexibility index (Phi) is 11.1. The third-order valence-electron chi connectivity index (χ3n) is 5.25. The number of nitrogens with one attached hydrogen (secondary N) is 2. The number of methoxy groups -OCH3 is 1. The lowest BCUT2D eigenvalue weighted by Crippen LogP contribution is -2.38. The van der Waals surface area contributed by atoms with E-state index < -0.39 is 0 Å². The molecule has 9 heteroatoms. The van der Waals surface area contributed by atoms with E-state index in [0.717, 1.165) is 48.2 Å². The molecule has 0 radical (unpaired) electrons. The standard InChI is InChI=1S/C23H35N5O3.HI/c1-5-24-23(25-14-13-20-27-22(16(2)3)28-31-20)26-15-17-9-8-12-19(29-4)21(17)30-18-10-6-7-11-18;/h8-9,12,16,18H,5-7,10-11,13-15H2,1-4H3,(H2,24,25,26);1H. The number of aromatic nitrogens is 2.